The van der Waals surface area contributed by atoms with Crippen molar-refractivity contribution in [2.75, 3.05) is 0 Å². The van der Waals surface area contributed by atoms with Gasteiger partial charge in [-0.3, -0.25) is 0 Å². The molecular formula is C12H15N3O2. The summed E-state index contributed by atoms with van der Waals surface area (Å²) in [6.45, 7) is 5.69. The SMILES string of the molecule is CC(C)(C)NC(=O)Oc1ccc2nccn2c1. The minimum atomic E-state index is -0.461. The summed E-state index contributed by atoms with van der Waals surface area (Å²) in [5, 5.41) is 2.72. The number of hydrogen-bond acceptors (Lipinski definition) is 3. The summed E-state index contributed by atoms with van der Waals surface area (Å²) in [6, 6.07) is 3.50. The van der Waals surface area contributed by atoms with Crippen LogP contribution in [0.15, 0.2) is 30.7 Å². The normalized spacial score (nSPS) is 11.5. The average molecular weight is 233 g/mol. The van der Waals surface area contributed by atoms with Gasteiger partial charge in [0.05, 0.1) is 6.20 Å². The number of amides is 1. The van der Waals surface area contributed by atoms with Gasteiger partial charge in [0.2, 0.25) is 0 Å². The topological polar surface area (TPSA) is 55.6 Å². The van der Waals surface area contributed by atoms with Crippen LogP contribution in [0.1, 0.15) is 20.8 Å². The van der Waals surface area contributed by atoms with E-state index >= 15 is 0 Å². The molecule has 5 heteroatoms. The molecule has 0 aliphatic rings. The number of pyridine rings is 1. The Morgan fingerprint density at radius 1 is 1.41 bits per heavy atom. The maximum Gasteiger partial charge on any atom is 0.413 e. The second kappa shape index (κ2) is 4.08. The van der Waals surface area contributed by atoms with Crippen molar-refractivity contribution in [3.05, 3.63) is 30.7 Å². The van der Waals surface area contributed by atoms with Crippen LogP contribution in [-0.2, 0) is 0 Å². The minimum Gasteiger partial charge on any atom is -0.409 e. The molecule has 2 aromatic heterocycles. The molecule has 5 nitrogen and oxygen atoms in total. The van der Waals surface area contributed by atoms with Crippen LogP contribution in [0.2, 0.25) is 0 Å². The van der Waals surface area contributed by atoms with Gasteiger partial charge >= 0.3 is 6.09 Å². The van der Waals surface area contributed by atoms with Crippen molar-refractivity contribution in [3.8, 4) is 5.75 Å². The first-order valence-electron chi connectivity index (χ1n) is 5.37. The van der Waals surface area contributed by atoms with Crippen LogP contribution in [0.3, 0.4) is 0 Å². The Bertz CT molecular complexity index is 540. The third-order valence-corrected chi connectivity index (χ3v) is 2.05. The van der Waals surface area contributed by atoms with Gasteiger partial charge in [0, 0.05) is 17.9 Å². The van der Waals surface area contributed by atoms with Gasteiger partial charge in [-0.25, -0.2) is 9.78 Å². The molecule has 2 aromatic rings. The van der Waals surface area contributed by atoms with Crippen molar-refractivity contribution in [2.24, 2.45) is 0 Å². The maximum absolute atomic E-state index is 11.5. The summed E-state index contributed by atoms with van der Waals surface area (Å²) in [5.41, 5.74) is 0.504. The molecule has 0 fully saturated rings. The van der Waals surface area contributed by atoms with Gasteiger partial charge < -0.3 is 14.5 Å². The smallest absolute Gasteiger partial charge is 0.409 e. The van der Waals surface area contributed by atoms with Crippen LogP contribution in [-0.4, -0.2) is 21.0 Å². The Kier molecular flexibility index (Phi) is 2.75. The number of aromatic nitrogens is 2. The summed E-state index contributed by atoms with van der Waals surface area (Å²) in [6.07, 6.45) is 4.74. The molecule has 2 rings (SSSR count). The van der Waals surface area contributed by atoms with Crippen LogP contribution in [0.25, 0.3) is 5.65 Å². The molecule has 0 saturated heterocycles. The molecule has 0 radical (unpaired) electrons. The van der Waals surface area contributed by atoms with E-state index in [0.717, 1.165) is 5.65 Å². The van der Waals surface area contributed by atoms with E-state index in [1.807, 2.05) is 20.8 Å². The highest BCUT2D eigenvalue weighted by molar-refractivity contribution is 5.71. The first kappa shape index (κ1) is 11.4. The second-order valence-electron chi connectivity index (χ2n) is 4.82. The van der Waals surface area contributed by atoms with Crippen LogP contribution < -0.4 is 10.1 Å². The van der Waals surface area contributed by atoms with Gasteiger partial charge in [0.25, 0.3) is 0 Å². The highest BCUT2D eigenvalue weighted by Crippen LogP contribution is 2.12. The van der Waals surface area contributed by atoms with E-state index in [9.17, 15) is 4.79 Å². The van der Waals surface area contributed by atoms with Crippen LogP contribution in [0.4, 0.5) is 4.79 Å². The number of nitrogens with zero attached hydrogens (tertiary/aromatic N) is 2. The summed E-state index contributed by atoms with van der Waals surface area (Å²) < 4.78 is 6.96. The van der Waals surface area contributed by atoms with Crippen molar-refractivity contribution in [2.45, 2.75) is 26.3 Å². The molecule has 0 spiro atoms. The number of imidazole rings is 1. The minimum absolute atomic E-state index is 0.309. The molecule has 0 unspecified atom stereocenters. The lowest BCUT2D eigenvalue weighted by Crippen LogP contribution is -2.42. The van der Waals surface area contributed by atoms with E-state index in [0.29, 0.717) is 5.75 Å². The Labute approximate surface area is 99.4 Å². The third kappa shape index (κ3) is 2.96. The molecule has 2 heterocycles. The van der Waals surface area contributed by atoms with Gasteiger partial charge in [0.1, 0.15) is 11.4 Å². The lowest BCUT2D eigenvalue weighted by molar-refractivity contribution is 0.190. The van der Waals surface area contributed by atoms with E-state index in [1.54, 1.807) is 35.1 Å². The van der Waals surface area contributed by atoms with E-state index in [4.69, 9.17) is 4.74 Å². The Morgan fingerprint density at radius 3 is 2.88 bits per heavy atom. The predicted octanol–water partition coefficient (Wildman–Crippen LogP) is 2.22. The van der Waals surface area contributed by atoms with Crippen LogP contribution in [0, 0.1) is 0 Å². The molecule has 0 aliphatic heterocycles. The Hall–Kier alpha value is -2.04. The molecule has 0 saturated carbocycles. The molecule has 0 bridgehead atoms. The van der Waals surface area contributed by atoms with Gasteiger partial charge in [-0.1, -0.05) is 0 Å². The van der Waals surface area contributed by atoms with E-state index < -0.39 is 6.09 Å². The molecule has 0 aliphatic carbocycles. The van der Waals surface area contributed by atoms with Gasteiger partial charge in [-0.15, -0.1) is 0 Å². The number of hydrogen-bond donors (Lipinski definition) is 1. The third-order valence-electron chi connectivity index (χ3n) is 2.05. The second-order valence-corrected chi connectivity index (χ2v) is 4.82. The average Bonchev–Trinajstić information content (AvgIpc) is 2.61. The van der Waals surface area contributed by atoms with Gasteiger partial charge in [-0.05, 0) is 32.9 Å². The number of carbonyl (C=O) groups is 1. The summed E-state index contributed by atoms with van der Waals surface area (Å²) in [5.74, 6) is 0.484. The first-order chi connectivity index (χ1) is 7.94. The summed E-state index contributed by atoms with van der Waals surface area (Å²) in [7, 11) is 0. The van der Waals surface area contributed by atoms with E-state index in [1.165, 1.54) is 0 Å². The monoisotopic (exact) mass is 233 g/mol. The standard InChI is InChI=1S/C12H15N3O2/c1-12(2,3)14-11(16)17-9-4-5-10-13-6-7-15(10)8-9/h4-8H,1-3H3,(H,14,16). The first-order valence-corrected chi connectivity index (χ1v) is 5.37. The number of ether oxygens (including phenoxy) is 1. The number of nitrogens with one attached hydrogen (secondary N) is 1. The zero-order chi connectivity index (χ0) is 12.5. The van der Waals surface area contributed by atoms with Crippen molar-refractivity contribution in [3.63, 3.8) is 0 Å². The van der Waals surface area contributed by atoms with Crippen molar-refractivity contribution in [1.29, 1.82) is 0 Å². The molecular weight excluding hydrogens is 218 g/mol. The summed E-state index contributed by atoms with van der Waals surface area (Å²) in [4.78, 5) is 15.6. The highest BCUT2D eigenvalue weighted by atomic mass is 16.6. The highest BCUT2D eigenvalue weighted by Gasteiger charge is 2.15. The lowest BCUT2D eigenvalue weighted by Gasteiger charge is -2.19. The fourth-order valence-corrected chi connectivity index (χ4v) is 1.40. The van der Waals surface area contributed by atoms with Crippen molar-refractivity contribution >= 4 is 11.7 Å². The number of fused-ring (bicyclic) bond motifs is 1. The predicted molar refractivity (Wildman–Crippen MR) is 64.1 cm³/mol. The van der Waals surface area contributed by atoms with Crippen molar-refractivity contribution < 1.29 is 9.53 Å². The maximum atomic E-state index is 11.5. The fraction of sp³-hybridized carbons (Fsp3) is 0.333. The molecule has 90 valence electrons. The fourth-order valence-electron chi connectivity index (χ4n) is 1.40. The van der Waals surface area contributed by atoms with E-state index in [2.05, 4.69) is 10.3 Å². The van der Waals surface area contributed by atoms with Crippen LogP contribution >= 0.6 is 0 Å². The van der Waals surface area contributed by atoms with Gasteiger partial charge in [-0.2, -0.15) is 0 Å². The van der Waals surface area contributed by atoms with Crippen LogP contribution in [0.5, 0.6) is 5.75 Å². The Morgan fingerprint density at radius 2 is 2.18 bits per heavy atom. The van der Waals surface area contributed by atoms with E-state index in [-0.39, 0.29) is 5.54 Å². The van der Waals surface area contributed by atoms with Crippen molar-refractivity contribution in [1.82, 2.24) is 14.7 Å². The number of carbonyl (C=O) groups excluding carboxylic acids is 1. The lowest BCUT2D eigenvalue weighted by atomic mass is 10.1. The zero-order valence-electron chi connectivity index (χ0n) is 10.1. The molecule has 1 N–H and O–H groups in total. The largest absolute Gasteiger partial charge is 0.413 e. The zero-order valence-corrected chi connectivity index (χ0v) is 10.1. The molecule has 0 aromatic carbocycles. The Balaban J connectivity index is 2.10. The molecule has 0 atom stereocenters. The number of rotatable bonds is 1. The summed E-state index contributed by atoms with van der Waals surface area (Å²) >= 11 is 0. The van der Waals surface area contributed by atoms with Gasteiger partial charge in [0.15, 0.2) is 0 Å². The quantitative estimate of drug-likeness (QED) is 0.821. The molecule has 1 amide bonds. The molecule has 17 heavy (non-hydrogen) atoms.